The molecule has 0 spiro atoms. The number of nitrogens with one attached hydrogen (secondary N) is 2. The third-order valence-electron chi connectivity index (χ3n) is 8.43. The number of rotatable bonds is 9. The van der Waals surface area contributed by atoms with E-state index in [0.29, 0.717) is 42.3 Å². The first-order valence-electron chi connectivity index (χ1n) is 16.1. The number of aromatic amines is 1. The molecule has 4 aromatic rings. The summed E-state index contributed by atoms with van der Waals surface area (Å²) >= 11 is 0. The van der Waals surface area contributed by atoms with Gasteiger partial charge in [0.2, 0.25) is 5.91 Å². The highest BCUT2D eigenvalue weighted by atomic mass is 16.6. The Bertz CT molecular complexity index is 1730. The van der Waals surface area contributed by atoms with Crippen molar-refractivity contribution in [3.8, 4) is 22.5 Å². The molecule has 0 unspecified atom stereocenters. The maximum atomic E-state index is 14.1. The lowest BCUT2D eigenvalue weighted by molar-refractivity contribution is -0.130. The van der Waals surface area contributed by atoms with Crippen LogP contribution in [0.5, 0.6) is 0 Å². The fourth-order valence-corrected chi connectivity index (χ4v) is 6.01. The minimum atomic E-state index is -0.984. The summed E-state index contributed by atoms with van der Waals surface area (Å²) in [5.74, 6) is -0.0382. The van der Waals surface area contributed by atoms with Crippen LogP contribution in [-0.4, -0.2) is 61.7 Å². The van der Waals surface area contributed by atoms with Crippen LogP contribution in [0.25, 0.3) is 22.5 Å². The van der Waals surface area contributed by atoms with Crippen LogP contribution in [0.2, 0.25) is 0 Å². The number of alkyl carbamates (subject to hydrolysis) is 1. The first-order chi connectivity index (χ1) is 22.9. The van der Waals surface area contributed by atoms with Crippen molar-refractivity contribution >= 4 is 29.4 Å². The smallest absolute Gasteiger partial charge is 0.407 e. The molecule has 0 radical (unpaired) electrons. The van der Waals surface area contributed by atoms with Gasteiger partial charge in [0.05, 0.1) is 11.7 Å². The van der Waals surface area contributed by atoms with Crippen molar-refractivity contribution in [1.29, 1.82) is 0 Å². The molecule has 2 aromatic carbocycles. The molecule has 0 aliphatic heterocycles. The molecule has 3 amide bonds. The lowest BCUT2D eigenvalue weighted by Gasteiger charge is -2.32. The average Bonchev–Trinajstić information content (AvgIpc) is 3.59. The Morgan fingerprint density at radius 2 is 1.75 bits per heavy atom. The Kier molecular flexibility index (Phi) is 10.5. The van der Waals surface area contributed by atoms with E-state index in [9.17, 15) is 14.4 Å². The lowest BCUT2D eigenvalue weighted by atomic mass is 9.81. The molecule has 2 heterocycles. The largest absolute Gasteiger partial charge is 0.444 e. The third kappa shape index (κ3) is 8.59. The number of nitrogens with zero attached hydrogens (tertiary/aromatic N) is 5. The summed E-state index contributed by atoms with van der Waals surface area (Å²) in [7, 11) is 0. The minimum absolute atomic E-state index is 0.204. The van der Waals surface area contributed by atoms with E-state index in [2.05, 4.69) is 30.9 Å². The number of hydrogen-bond donors (Lipinski definition) is 4. The normalized spacial score (nSPS) is 16.9. The zero-order valence-corrected chi connectivity index (χ0v) is 27.8. The van der Waals surface area contributed by atoms with E-state index < -0.39 is 23.6 Å². The zero-order chi connectivity index (χ0) is 34.4. The number of ether oxygens (including phenoxy) is 1. The quantitative estimate of drug-likeness (QED) is 0.199. The first kappa shape index (κ1) is 34.2. The number of amides is 3. The maximum absolute atomic E-state index is 14.1. The number of benzene rings is 2. The summed E-state index contributed by atoms with van der Waals surface area (Å²) in [6.07, 6.45) is 2.38. The van der Waals surface area contributed by atoms with Gasteiger partial charge in [-0.3, -0.25) is 9.59 Å². The number of pyridine rings is 1. The number of nitrogen functional groups attached to an aromatic ring is 1. The minimum Gasteiger partial charge on any atom is -0.444 e. The Labute approximate surface area is 279 Å². The number of H-pyrrole nitrogens is 1. The Hall–Kier alpha value is -5.17. The molecule has 1 aliphatic rings. The molecule has 1 atom stereocenters. The van der Waals surface area contributed by atoms with Gasteiger partial charge in [-0.2, -0.15) is 0 Å². The molecule has 48 heavy (non-hydrogen) atoms. The average molecular weight is 654 g/mol. The van der Waals surface area contributed by atoms with Crippen molar-refractivity contribution in [1.82, 2.24) is 30.9 Å². The third-order valence-corrected chi connectivity index (χ3v) is 8.43. The standard InChI is InChI=1S/C35H43N9O4/c1-21-28(16-17-30(37)39-21)26-7-5-6-23(18-26)19-29(36)33(46)44(27-14-12-24(13-15-27)31-40-42-43-41-31)32(45)25-10-8-22(9-11-25)20-38-34(47)48-35(2,3)4/h5-7,12-18,22,25,29H,8-11,19-20,36H2,1-4H3,(H2,37,39)(H,38,47)(H,40,41,42,43)/t22-,25-,29-/m0/s1. The molecule has 6 N–H and O–H groups in total. The molecule has 1 aliphatic carbocycles. The van der Waals surface area contributed by atoms with Crippen LogP contribution in [0.1, 0.15) is 57.7 Å². The number of aryl methyl sites for hydroxylation is 1. The summed E-state index contributed by atoms with van der Waals surface area (Å²) in [6.45, 7) is 7.81. The van der Waals surface area contributed by atoms with Crippen molar-refractivity contribution < 1.29 is 19.1 Å². The number of imide groups is 1. The van der Waals surface area contributed by atoms with Crippen molar-refractivity contribution in [2.24, 2.45) is 17.6 Å². The van der Waals surface area contributed by atoms with E-state index in [1.54, 1.807) is 30.3 Å². The maximum Gasteiger partial charge on any atom is 0.407 e. The molecule has 5 rings (SSSR count). The van der Waals surface area contributed by atoms with Gasteiger partial charge in [0, 0.05) is 29.3 Å². The van der Waals surface area contributed by atoms with E-state index >= 15 is 0 Å². The number of aromatic nitrogens is 5. The number of carbonyl (C=O) groups is 3. The number of carbonyl (C=O) groups excluding carboxylic acids is 3. The van der Waals surface area contributed by atoms with E-state index in [-0.39, 0.29) is 24.2 Å². The van der Waals surface area contributed by atoms with Gasteiger partial charge in [-0.15, -0.1) is 5.10 Å². The van der Waals surface area contributed by atoms with E-state index in [4.69, 9.17) is 16.2 Å². The fourth-order valence-electron chi connectivity index (χ4n) is 6.01. The highest BCUT2D eigenvalue weighted by Crippen LogP contribution is 2.32. The van der Waals surface area contributed by atoms with Gasteiger partial charge in [-0.05, 0) is 124 Å². The first-order valence-corrected chi connectivity index (χ1v) is 16.1. The molecule has 1 saturated carbocycles. The van der Waals surface area contributed by atoms with Crippen LogP contribution in [0.15, 0.2) is 60.7 Å². The van der Waals surface area contributed by atoms with Crippen LogP contribution >= 0.6 is 0 Å². The Balaban J connectivity index is 1.31. The van der Waals surface area contributed by atoms with Crippen molar-refractivity contribution in [2.75, 3.05) is 17.2 Å². The van der Waals surface area contributed by atoms with Crippen molar-refractivity contribution in [3.05, 3.63) is 71.9 Å². The molecule has 13 heteroatoms. The summed E-state index contributed by atoms with van der Waals surface area (Å²) in [5.41, 5.74) is 16.5. The predicted octanol–water partition coefficient (Wildman–Crippen LogP) is 4.58. The number of anilines is 2. The van der Waals surface area contributed by atoms with Crippen molar-refractivity contribution in [3.63, 3.8) is 0 Å². The zero-order valence-electron chi connectivity index (χ0n) is 27.8. The van der Waals surface area contributed by atoms with Gasteiger partial charge in [0.15, 0.2) is 5.82 Å². The van der Waals surface area contributed by atoms with E-state index in [1.807, 2.05) is 58.0 Å². The number of hydrogen-bond acceptors (Lipinski definition) is 10. The highest BCUT2D eigenvalue weighted by molar-refractivity contribution is 6.17. The Morgan fingerprint density at radius 3 is 2.40 bits per heavy atom. The molecular formula is C35H43N9O4. The number of nitrogens with two attached hydrogens (primary N) is 2. The van der Waals surface area contributed by atoms with Crippen LogP contribution in [-0.2, 0) is 20.7 Å². The topological polar surface area (TPSA) is 195 Å². The molecular weight excluding hydrogens is 610 g/mol. The van der Waals surface area contributed by atoms with E-state index in [1.165, 1.54) is 4.90 Å². The van der Waals surface area contributed by atoms with Crippen LogP contribution in [0.3, 0.4) is 0 Å². The summed E-state index contributed by atoms with van der Waals surface area (Å²) in [5, 5.41) is 16.7. The van der Waals surface area contributed by atoms with Gasteiger partial charge in [0.25, 0.3) is 5.91 Å². The lowest BCUT2D eigenvalue weighted by Crippen LogP contribution is -2.50. The molecule has 2 aromatic heterocycles. The van der Waals surface area contributed by atoms with Crippen LogP contribution in [0, 0.1) is 18.8 Å². The van der Waals surface area contributed by atoms with Gasteiger partial charge in [0.1, 0.15) is 11.4 Å². The van der Waals surface area contributed by atoms with Gasteiger partial charge >= 0.3 is 6.09 Å². The monoisotopic (exact) mass is 653 g/mol. The van der Waals surface area contributed by atoms with E-state index in [0.717, 1.165) is 35.2 Å². The second kappa shape index (κ2) is 14.7. The predicted molar refractivity (Wildman–Crippen MR) is 182 cm³/mol. The second-order valence-corrected chi connectivity index (χ2v) is 13.3. The highest BCUT2D eigenvalue weighted by Gasteiger charge is 2.35. The van der Waals surface area contributed by atoms with Gasteiger partial charge in [-0.25, -0.2) is 19.8 Å². The second-order valence-electron chi connectivity index (χ2n) is 13.3. The van der Waals surface area contributed by atoms with Gasteiger partial charge in [-0.1, -0.05) is 24.3 Å². The summed E-state index contributed by atoms with van der Waals surface area (Å²) in [6, 6.07) is 17.4. The molecule has 13 nitrogen and oxygen atoms in total. The van der Waals surface area contributed by atoms with Crippen LogP contribution in [0.4, 0.5) is 16.3 Å². The fraction of sp³-hybridized carbons (Fsp3) is 0.400. The van der Waals surface area contributed by atoms with Crippen LogP contribution < -0.4 is 21.7 Å². The molecule has 0 bridgehead atoms. The summed E-state index contributed by atoms with van der Waals surface area (Å²) < 4.78 is 5.35. The Morgan fingerprint density at radius 1 is 1.02 bits per heavy atom. The van der Waals surface area contributed by atoms with Gasteiger partial charge < -0.3 is 21.5 Å². The number of tetrazole rings is 1. The molecule has 0 saturated heterocycles. The van der Waals surface area contributed by atoms with Crippen molar-refractivity contribution in [2.45, 2.75) is 71.4 Å². The summed E-state index contributed by atoms with van der Waals surface area (Å²) in [4.78, 5) is 46.0. The molecule has 1 fully saturated rings. The SMILES string of the molecule is Cc1nc(N)ccc1-c1cccc(C[C@H](N)C(=O)N(c2ccc(-c3nnn[nH]3)cc2)C(=O)[C@H]2CC[C@H](CNC(=O)OC(C)(C)C)CC2)c1. The molecule has 252 valence electrons.